The summed E-state index contributed by atoms with van der Waals surface area (Å²) in [6, 6.07) is 12.3. The highest BCUT2D eigenvalue weighted by molar-refractivity contribution is 7.09. The largest absolute Gasteiger partial charge is 0.349 e. The zero-order chi connectivity index (χ0) is 19.2. The Bertz CT molecular complexity index is 898. The number of hydrogen-bond acceptors (Lipinski definition) is 5. The van der Waals surface area contributed by atoms with Crippen molar-refractivity contribution in [2.75, 3.05) is 13.1 Å². The molecule has 1 fully saturated rings. The Labute approximate surface area is 169 Å². The number of rotatable bonds is 7. The van der Waals surface area contributed by atoms with Gasteiger partial charge in [-0.25, -0.2) is 4.98 Å². The van der Waals surface area contributed by atoms with Crippen LogP contribution < -0.4 is 10.6 Å². The zero-order valence-corrected chi connectivity index (χ0v) is 16.6. The molecule has 1 atom stereocenters. The smallest absolute Gasteiger partial charge is 0.242 e. The van der Waals surface area contributed by atoms with Crippen LogP contribution in [0.25, 0.3) is 0 Å². The molecule has 4 rings (SSSR count). The second-order valence-electron chi connectivity index (χ2n) is 7.13. The van der Waals surface area contributed by atoms with Crippen LogP contribution in [-0.4, -0.2) is 33.8 Å². The molecule has 3 aromatic rings. The summed E-state index contributed by atoms with van der Waals surface area (Å²) < 4.78 is 1.83. The fourth-order valence-corrected chi connectivity index (χ4v) is 4.42. The molecule has 1 saturated heterocycles. The van der Waals surface area contributed by atoms with Gasteiger partial charge in [-0.15, -0.1) is 11.3 Å². The maximum Gasteiger partial charge on any atom is 0.242 e. The molecule has 0 unspecified atom stereocenters. The molecule has 7 heteroatoms. The van der Waals surface area contributed by atoms with Crippen LogP contribution in [0.1, 0.15) is 40.7 Å². The lowest BCUT2D eigenvalue weighted by molar-refractivity contribution is -0.122. The number of nitrogens with zero attached hydrogens (tertiary/aromatic N) is 3. The van der Waals surface area contributed by atoms with Crippen molar-refractivity contribution < 1.29 is 4.79 Å². The first-order valence-electron chi connectivity index (χ1n) is 9.74. The molecule has 0 aliphatic carbocycles. The summed E-state index contributed by atoms with van der Waals surface area (Å²) >= 11 is 1.64. The van der Waals surface area contributed by atoms with E-state index in [0.717, 1.165) is 48.7 Å². The lowest BCUT2D eigenvalue weighted by Gasteiger charge is -2.23. The first kappa shape index (κ1) is 18.8. The monoisotopic (exact) mass is 395 g/mol. The normalized spacial score (nSPS) is 16.8. The number of piperidine rings is 1. The van der Waals surface area contributed by atoms with Crippen LogP contribution in [0.4, 0.5) is 0 Å². The van der Waals surface area contributed by atoms with Crippen molar-refractivity contribution >= 4 is 17.2 Å². The fraction of sp³-hybridized carbons (Fsp3) is 0.381. The Hall–Kier alpha value is -2.51. The highest BCUT2D eigenvalue weighted by atomic mass is 32.1. The summed E-state index contributed by atoms with van der Waals surface area (Å²) in [5.41, 5.74) is 3.29. The summed E-state index contributed by atoms with van der Waals surface area (Å²) in [5, 5.41) is 13.8. The third-order valence-electron chi connectivity index (χ3n) is 5.02. The van der Waals surface area contributed by atoms with E-state index in [1.54, 1.807) is 17.5 Å². The first-order chi connectivity index (χ1) is 13.8. The molecule has 0 saturated carbocycles. The van der Waals surface area contributed by atoms with Gasteiger partial charge in [0.05, 0.1) is 17.2 Å². The van der Waals surface area contributed by atoms with E-state index in [1.165, 1.54) is 5.56 Å². The molecule has 28 heavy (non-hydrogen) atoms. The van der Waals surface area contributed by atoms with Crippen molar-refractivity contribution in [3.05, 3.63) is 69.9 Å². The molecule has 2 aromatic heterocycles. The van der Waals surface area contributed by atoms with Gasteiger partial charge in [0.1, 0.15) is 6.54 Å². The molecular weight excluding hydrogens is 370 g/mol. The van der Waals surface area contributed by atoms with Crippen molar-refractivity contribution in [3.63, 3.8) is 0 Å². The topological polar surface area (TPSA) is 71.8 Å². The second kappa shape index (κ2) is 9.12. The molecule has 2 N–H and O–H groups in total. The van der Waals surface area contributed by atoms with Crippen LogP contribution in [0.15, 0.2) is 48.0 Å². The minimum Gasteiger partial charge on any atom is -0.349 e. The van der Waals surface area contributed by atoms with E-state index in [0.29, 0.717) is 12.5 Å². The van der Waals surface area contributed by atoms with Crippen LogP contribution in [0.3, 0.4) is 0 Å². The summed E-state index contributed by atoms with van der Waals surface area (Å²) in [6.45, 7) is 2.73. The number of amides is 1. The third-order valence-corrected chi connectivity index (χ3v) is 5.92. The molecule has 1 amide bonds. The molecule has 3 heterocycles. The number of aromatic nitrogens is 3. The van der Waals surface area contributed by atoms with Crippen molar-refractivity contribution in [2.45, 2.75) is 38.3 Å². The lowest BCUT2D eigenvalue weighted by Crippen LogP contribution is -2.32. The van der Waals surface area contributed by atoms with Gasteiger partial charge in [0.2, 0.25) is 5.91 Å². The van der Waals surface area contributed by atoms with E-state index in [1.807, 2.05) is 34.3 Å². The molecule has 0 spiro atoms. The highest BCUT2D eigenvalue weighted by Gasteiger charge is 2.19. The predicted octanol–water partition coefficient (Wildman–Crippen LogP) is 2.71. The Balaban J connectivity index is 1.29. The highest BCUT2D eigenvalue weighted by Crippen LogP contribution is 2.22. The molecule has 0 bridgehead atoms. The van der Waals surface area contributed by atoms with Gasteiger partial charge >= 0.3 is 0 Å². The van der Waals surface area contributed by atoms with Gasteiger partial charge in [0.15, 0.2) is 0 Å². The van der Waals surface area contributed by atoms with Crippen molar-refractivity contribution in [3.8, 4) is 0 Å². The number of carbonyl (C=O) groups excluding carboxylic acids is 1. The average molecular weight is 396 g/mol. The van der Waals surface area contributed by atoms with Gasteiger partial charge in [-0.3, -0.25) is 9.48 Å². The summed E-state index contributed by atoms with van der Waals surface area (Å²) in [4.78, 5) is 17.0. The van der Waals surface area contributed by atoms with E-state index in [4.69, 9.17) is 0 Å². The average Bonchev–Trinajstić information content (AvgIpc) is 3.37. The molecule has 1 aliphatic heterocycles. The SMILES string of the molecule is O=C(Cn1nccc1[C@@H]1CCCNC1)NCc1csc(Cc2ccccc2)n1. The molecule has 0 radical (unpaired) electrons. The Morgan fingerprint density at radius 1 is 1.29 bits per heavy atom. The number of carbonyl (C=O) groups is 1. The Morgan fingerprint density at radius 2 is 2.18 bits per heavy atom. The van der Waals surface area contributed by atoms with Crippen LogP contribution in [0.2, 0.25) is 0 Å². The van der Waals surface area contributed by atoms with Gasteiger partial charge in [-0.1, -0.05) is 30.3 Å². The molecule has 6 nitrogen and oxygen atoms in total. The van der Waals surface area contributed by atoms with Gasteiger partial charge < -0.3 is 10.6 Å². The summed E-state index contributed by atoms with van der Waals surface area (Å²) in [7, 11) is 0. The first-order valence-corrected chi connectivity index (χ1v) is 10.6. The minimum atomic E-state index is -0.0358. The van der Waals surface area contributed by atoms with Crippen molar-refractivity contribution in [2.24, 2.45) is 0 Å². The van der Waals surface area contributed by atoms with Crippen LogP contribution >= 0.6 is 11.3 Å². The van der Waals surface area contributed by atoms with Crippen LogP contribution in [0, 0.1) is 0 Å². The third kappa shape index (κ3) is 4.85. The van der Waals surface area contributed by atoms with E-state index < -0.39 is 0 Å². The Morgan fingerprint density at radius 3 is 3.00 bits per heavy atom. The van der Waals surface area contributed by atoms with Gasteiger partial charge in [-0.05, 0) is 31.0 Å². The quantitative estimate of drug-likeness (QED) is 0.645. The standard InChI is InChI=1S/C21H25N5OS/c27-20(14-26-19(8-10-24-26)17-7-4-9-22-12-17)23-13-18-15-28-21(25-18)11-16-5-2-1-3-6-16/h1-3,5-6,8,10,15,17,22H,4,7,9,11-14H2,(H,23,27)/t17-/m1/s1. The number of hydrogen-bond donors (Lipinski definition) is 2. The minimum absolute atomic E-state index is 0.0358. The Kier molecular flexibility index (Phi) is 6.14. The molecule has 146 valence electrons. The molecule has 1 aromatic carbocycles. The maximum atomic E-state index is 12.4. The van der Waals surface area contributed by atoms with Gasteiger partial charge in [0.25, 0.3) is 0 Å². The van der Waals surface area contributed by atoms with E-state index in [-0.39, 0.29) is 12.5 Å². The van der Waals surface area contributed by atoms with E-state index in [2.05, 4.69) is 32.8 Å². The van der Waals surface area contributed by atoms with Gasteiger partial charge in [-0.2, -0.15) is 5.10 Å². The number of nitrogens with one attached hydrogen (secondary N) is 2. The molecular formula is C21H25N5OS. The number of benzene rings is 1. The van der Waals surface area contributed by atoms with Crippen LogP contribution in [0.5, 0.6) is 0 Å². The fourth-order valence-electron chi connectivity index (χ4n) is 3.59. The van der Waals surface area contributed by atoms with Gasteiger partial charge in [0, 0.05) is 36.2 Å². The van der Waals surface area contributed by atoms with E-state index >= 15 is 0 Å². The molecule has 1 aliphatic rings. The van der Waals surface area contributed by atoms with E-state index in [9.17, 15) is 4.79 Å². The lowest BCUT2D eigenvalue weighted by atomic mass is 9.96. The van der Waals surface area contributed by atoms with Crippen LogP contribution in [-0.2, 0) is 24.3 Å². The maximum absolute atomic E-state index is 12.4. The van der Waals surface area contributed by atoms with Crippen molar-refractivity contribution in [1.82, 2.24) is 25.4 Å². The summed E-state index contributed by atoms with van der Waals surface area (Å²) in [6.07, 6.45) is 4.92. The van der Waals surface area contributed by atoms with Crippen molar-refractivity contribution in [1.29, 1.82) is 0 Å². The predicted molar refractivity (Wildman–Crippen MR) is 110 cm³/mol. The number of thiazole rings is 1. The second-order valence-corrected chi connectivity index (χ2v) is 8.07. The summed E-state index contributed by atoms with van der Waals surface area (Å²) in [5.74, 6) is 0.398. The zero-order valence-electron chi connectivity index (χ0n) is 15.8.